The molecule has 86 valence electrons. The number of ether oxygens (including phenoxy) is 1. The molecule has 5 nitrogen and oxygen atoms in total. The number of benzene rings is 1. The van der Waals surface area contributed by atoms with Crippen LogP contribution in [-0.2, 0) is 4.74 Å². The quantitative estimate of drug-likeness (QED) is 0.560. The molecule has 0 aliphatic rings. The van der Waals surface area contributed by atoms with E-state index in [1.165, 1.54) is 24.3 Å². The fourth-order valence-electron chi connectivity index (χ4n) is 0.998. The van der Waals surface area contributed by atoms with Gasteiger partial charge in [0.05, 0.1) is 5.56 Å². The van der Waals surface area contributed by atoms with Crippen LogP contribution in [0.2, 0.25) is 0 Å². The molecular formula is C10H11NO4S. The van der Waals surface area contributed by atoms with Crippen molar-refractivity contribution >= 4 is 30.4 Å². The molecule has 0 saturated carbocycles. The summed E-state index contributed by atoms with van der Waals surface area (Å²) < 4.78 is 4.73. The van der Waals surface area contributed by atoms with E-state index in [0.717, 1.165) is 0 Å². The summed E-state index contributed by atoms with van der Waals surface area (Å²) >= 11 is 3.89. The van der Waals surface area contributed by atoms with Crippen molar-refractivity contribution in [2.45, 2.75) is 12.4 Å². The van der Waals surface area contributed by atoms with E-state index >= 15 is 0 Å². The highest BCUT2D eigenvalue weighted by Gasteiger charge is 2.06. The van der Waals surface area contributed by atoms with Crippen molar-refractivity contribution in [2.75, 3.05) is 5.32 Å². The van der Waals surface area contributed by atoms with E-state index in [0.29, 0.717) is 5.69 Å². The first-order chi connectivity index (χ1) is 7.49. The van der Waals surface area contributed by atoms with Crippen LogP contribution in [0.4, 0.5) is 10.5 Å². The van der Waals surface area contributed by atoms with Crippen molar-refractivity contribution in [3.63, 3.8) is 0 Å². The maximum Gasteiger partial charge on any atom is 0.412 e. The summed E-state index contributed by atoms with van der Waals surface area (Å²) in [5, 5.41) is 11.1. The summed E-state index contributed by atoms with van der Waals surface area (Å²) in [5.41, 5.74) is 0.115. The number of rotatable bonds is 3. The zero-order valence-corrected chi connectivity index (χ0v) is 9.40. The van der Waals surface area contributed by atoms with Crippen LogP contribution >= 0.6 is 12.6 Å². The summed E-state index contributed by atoms with van der Waals surface area (Å²) in [4.78, 5) is 21.7. The first kappa shape index (κ1) is 12.4. The molecule has 0 heterocycles. The highest BCUT2D eigenvalue weighted by atomic mass is 32.1. The smallest absolute Gasteiger partial charge is 0.412 e. The number of carboxylic acid groups (broad SMARTS) is 1. The van der Waals surface area contributed by atoms with E-state index < -0.39 is 17.5 Å². The summed E-state index contributed by atoms with van der Waals surface area (Å²) in [6.07, 6.45) is -0.634. The van der Waals surface area contributed by atoms with Crippen molar-refractivity contribution in [1.29, 1.82) is 0 Å². The molecule has 0 aliphatic heterocycles. The molecule has 16 heavy (non-hydrogen) atoms. The lowest BCUT2D eigenvalue weighted by Crippen LogP contribution is -2.16. The molecular weight excluding hydrogens is 230 g/mol. The maximum atomic E-state index is 11.1. The van der Waals surface area contributed by atoms with Gasteiger partial charge in [0.2, 0.25) is 0 Å². The highest BCUT2D eigenvalue weighted by molar-refractivity contribution is 7.80. The Bertz CT molecular complexity index is 388. The Morgan fingerprint density at radius 3 is 2.38 bits per heavy atom. The highest BCUT2D eigenvalue weighted by Crippen LogP contribution is 2.10. The number of amides is 1. The van der Waals surface area contributed by atoms with Gasteiger partial charge >= 0.3 is 12.1 Å². The van der Waals surface area contributed by atoms with Crippen molar-refractivity contribution in [1.82, 2.24) is 0 Å². The van der Waals surface area contributed by atoms with Gasteiger partial charge in [-0.15, -0.1) is 12.6 Å². The standard InChI is InChI=1S/C10H11NO4S/c1-6(16)15-10(14)11-8-4-2-7(3-5-8)9(12)13/h2-6,16H,1H3,(H,11,14)(H,12,13). The van der Waals surface area contributed by atoms with Crippen LogP contribution in [0.15, 0.2) is 24.3 Å². The number of nitrogens with one attached hydrogen (secondary N) is 1. The lowest BCUT2D eigenvalue weighted by atomic mass is 10.2. The van der Waals surface area contributed by atoms with Crippen LogP contribution in [0, 0.1) is 0 Å². The number of carboxylic acids is 1. The molecule has 0 radical (unpaired) electrons. The Hall–Kier alpha value is -1.69. The van der Waals surface area contributed by atoms with Gasteiger partial charge < -0.3 is 9.84 Å². The summed E-state index contributed by atoms with van der Waals surface area (Å²) in [5.74, 6) is -1.02. The topological polar surface area (TPSA) is 75.6 Å². The third kappa shape index (κ3) is 3.82. The molecule has 0 aliphatic carbocycles. The Morgan fingerprint density at radius 2 is 1.94 bits per heavy atom. The second-order valence-electron chi connectivity index (χ2n) is 3.01. The van der Waals surface area contributed by atoms with E-state index in [4.69, 9.17) is 9.84 Å². The molecule has 0 fully saturated rings. The van der Waals surface area contributed by atoms with Crippen LogP contribution < -0.4 is 5.32 Å². The van der Waals surface area contributed by atoms with Crippen LogP contribution in [0.3, 0.4) is 0 Å². The lowest BCUT2D eigenvalue weighted by Gasteiger charge is -2.08. The van der Waals surface area contributed by atoms with Gasteiger partial charge in [0.15, 0.2) is 0 Å². The number of anilines is 1. The number of hydrogen-bond acceptors (Lipinski definition) is 4. The van der Waals surface area contributed by atoms with Crippen LogP contribution in [-0.4, -0.2) is 22.6 Å². The van der Waals surface area contributed by atoms with Gasteiger partial charge in [0.1, 0.15) is 5.44 Å². The fraction of sp³-hybridized carbons (Fsp3) is 0.200. The van der Waals surface area contributed by atoms with E-state index in [1.54, 1.807) is 6.92 Å². The Labute approximate surface area is 97.8 Å². The van der Waals surface area contributed by atoms with Gasteiger partial charge in [-0.25, -0.2) is 9.59 Å². The fourth-order valence-corrected chi connectivity index (χ4v) is 1.09. The minimum absolute atomic E-state index is 0.154. The second-order valence-corrected chi connectivity index (χ2v) is 3.74. The second kappa shape index (κ2) is 5.41. The summed E-state index contributed by atoms with van der Waals surface area (Å²) in [6.45, 7) is 1.61. The zero-order chi connectivity index (χ0) is 12.1. The third-order valence-electron chi connectivity index (χ3n) is 1.66. The van der Waals surface area contributed by atoms with Gasteiger partial charge in [0.25, 0.3) is 0 Å². The molecule has 1 aromatic carbocycles. The van der Waals surface area contributed by atoms with Gasteiger partial charge in [-0.2, -0.15) is 0 Å². The van der Waals surface area contributed by atoms with Crippen molar-refractivity contribution in [2.24, 2.45) is 0 Å². The van der Waals surface area contributed by atoms with Gasteiger partial charge in [-0.1, -0.05) is 0 Å². The largest absolute Gasteiger partial charge is 0.478 e. The average Bonchev–Trinajstić information content (AvgIpc) is 2.16. The molecule has 0 bridgehead atoms. The monoisotopic (exact) mass is 241 g/mol. The third-order valence-corrected chi connectivity index (χ3v) is 1.76. The van der Waals surface area contributed by atoms with E-state index in [9.17, 15) is 9.59 Å². The molecule has 0 spiro atoms. The van der Waals surface area contributed by atoms with Gasteiger partial charge in [0, 0.05) is 5.69 Å². The minimum atomic E-state index is -1.02. The first-order valence-electron chi connectivity index (χ1n) is 4.48. The van der Waals surface area contributed by atoms with Crippen LogP contribution in [0.25, 0.3) is 0 Å². The average molecular weight is 241 g/mol. The number of carbonyl (C=O) groups is 2. The van der Waals surface area contributed by atoms with Crippen LogP contribution in [0.5, 0.6) is 0 Å². The molecule has 6 heteroatoms. The Kier molecular flexibility index (Phi) is 4.19. The number of thiol groups is 1. The molecule has 2 N–H and O–H groups in total. The number of aromatic carboxylic acids is 1. The minimum Gasteiger partial charge on any atom is -0.478 e. The molecule has 1 amide bonds. The molecule has 0 aromatic heterocycles. The van der Waals surface area contributed by atoms with Gasteiger partial charge in [-0.3, -0.25) is 5.32 Å². The molecule has 1 unspecified atom stereocenters. The molecule has 0 saturated heterocycles. The maximum absolute atomic E-state index is 11.1. The van der Waals surface area contributed by atoms with Crippen molar-refractivity contribution in [3.05, 3.63) is 29.8 Å². The predicted molar refractivity (Wildman–Crippen MR) is 62.0 cm³/mol. The first-order valence-corrected chi connectivity index (χ1v) is 4.99. The Balaban J connectivity index is 2.62. The molecule has 1 aromatic rings. The van der Waals surface area contributed by atoms with E-state index in [-0.39, 0.29) is 5.56 Å². The summed E-state index contributed by atoms with van der Waals surface area (Å²) in [7, 11) is 0. The lowest BCUT2D eigenvalue weighted by molar-refractivity contribution is 0.0697. The normalized spacial score (nSPS) is 11.6. The van der Waals surface area contributed by atoms with E-state index in [1.807, 2.05) is 0 Å². The van der Waals surface area contributed by atoms with Crippen molar-refractivity contribution in [3.8, 4) is 0 Å². The Morgan fingerprint density at radius 1 is 1.38 bits per heavy atom. The number of hydrogen-bond donors (Lipinski definition) is 3. The van der Waals surface area contributed by atoms with E-state index in [2.05, 4.69) is 17.9 Å². The molecule has 1 rings (SSSR count). The van der Waals surface area contributed by atoms with Crippen molar-refractivity contribution < 1.29 is 19.4 Å². The van der Waals surface area contributed by atoms with Gasteiger partial charge in [-0.05, 0) is 31.2 Å². The van der Waals surface area contributed by atoms with Crippen LogP contribution in [0.1, 0.15) is 17.3 Å². The SMILES string of the molecule is CC(S)OC(=O)Nc1ccc(C(=O)O)cc1. The summed E-state index contributed by atoms with van der Waals surface area (Å²) in [6, 6.07) is 5.74. The number of carbonyl (C=O) groups excluding carboxylic acids is 1. The predicted octanol–water partition coefficient (Wildman–Crippen LogP) is 2.21. The zero-order valence-electron chi connectivity index (χ0n) is 8.51. The molecule has 1 atom stereocenters.